The number of benzene rings is 12. The fraction of sp³-hybridized carbons (Fsp3) is 0. The summed E-state index contributed by atoms with van der Waals surface area (Å²) in [6.07, 6.45) is 0. The van der Waals surface area contributed by atoms with Crippen LogP contribution in [0.3, 0.4) is 0 Å². The first-order valence-corrected chi connectivity index (χ1v) is 23.8. The Balaban J connectivity index is 0.853. The van der Waals surface area contributed by atoms with Crippen molar-refractivity contribution in [3.8, 4) is 22.3 Å². The van der Waals surface area contributed by atoms with Crippen molar-refractivity contribution in [1.29, 1.82) is 0 Å². The van der Waals surface area contributed by atoms with Gasteiger partial charge in [0.05, 0.1) is 0 Å². The van der Waals surface area contributed by atoms with Crippen LogP contribution in [0.15, 0.2) is 224 Å². The van der Waals surface area contributed by atoms with Gasteiger partial charge < -0.3 is 4.90 Å². The van der Waals surface area contributed by atoms with E-state index in [1.54, 1.807) is 0 Å². The van der Waals surface area contributed by atoms with Crippen molar-refractivity contribution >= 4 is 134 Å². The first-order valence-electron chi connectivity index (χ1n) is 22.2. The maximum absolute atomic E-state index is 2.41. The molecular formula is C62H37NS2. The van der Waals surface area contributed by atoms with Gasteiger partial charge in [-0.05, 0) is 143 Å². The first-order chi connectivity index (χ1) is 32.2. The van der Waals surface area contributed by atoms with Crippen LogP contribution >= 0.6 is 22.7 Å². The number of fused-ring (bicyclic) bond motifs is 14. The number of nitrogens with zero attached hydrogens (tertiary/aromatic N) is 1. The molecule has 0 radical (unpaired) electrons. The summed E-state index contributed by atoms with van der Waals surface area (Å²) in [5.41, 5.74) is 8.29. The van der Waals surface area contributed by atoms with Crippen LogP contribution in [0.25, 0.3) is 116 Å². The SMILES string of the molecule is c1ccc2c(c1)ccc1cc(N(c3ccc(-c4ccc5c(c4)sc4ccccc45)cc3)c3ccc4c(ccc5cc(-c6ccc7c(c6)sc6ccc8ccccc8c67)ccc54)c3)ccc12. The van der Waals surface area contributed by atoms with Crippen LogP contribution in [-0.4, -0.2) is 0 Å². The minimum Gasteiger partial charge on any atom is -0.310 e. The van der Waals surface area contributed by atoms with Crippen LogP contribution in [0.5, 0.6) is 0 Å². The molecule has 0 spiro atoms. The molecule has 0 atom stereocenters. The summed E-state index contributed by atoms with van der Waals surface area (Å²) in [6, 6.07) is 83.6. The summed E-state index contributed by atoms with van der Waals surface area (Å²) in [5.74, 6) is 0. The third-order valence-electron chi connectivity index (χ3n) is 13.6. The number of hydrogen-bond acceptors (Lipinski definition) is 3. The van der Waals surface area contributed by atoms with E-state index in [-0.39, 0.29) is 0 Å². The molecule has 2 heterocycles. The van der Waals surface area contributed by atoms with Gasteiger partial charge in [-0.2, -0.15) is 0 Å². The number of anilines is 3. The van der Waals surface area contributed by atoms with Gasteiger partial charge in [-0.1, -0.05) is 158 Å². The highest BCUT2D eigenvalue weighted by atomic mass is 32.1. The zero-order valence-electron chi connectivity index (χ0n) is 35.1. The van der Waals surface area contributed by atoms with E-state index in [9.17, 15) is 0 Å². The second-order valence-corrected chi connectivity index (χ2v) is 19.4. The molecule has 2 aromatic heterocycles. The molecule has 302 valence electrons. The lowest BCUT2D eigenvalue weighted by Gasteiger charge is -2.26. The Bertz CT molecular complexity index is 4250. The molecule has 0 unspecified atom stereocenters. The van der Waals surface area contributed by atoms with Crippen molar-refractivity contribution in [2.45, 2.75) is 0 Å². The minimum absolute atomic E-state index is 1.12. The van der Waals surface area contributed by atoms with Crippen molar-refractivity contribution in [3.63, 3.8) is 0 Å². The van der Waals surface area contributed by atoms with Gasteiger partial charge in [0.25, 0.3) is 0 Å². The fourth-order valence-corrected chi connectivity index (χ4v) is 12.7. The molecule has 0 aliphatic carbocycles. The molecule has 0 saturated carbocycles. The summed E-state index contributed by atoms with van der Waals surface area (Å²) >= 11 is 3.76. The summed E-state index contributed by atoms with van der Waals surface area (Å²) in [6.45, 7) is 0. The van der Waals surface area contributed by atoms with E-state index >= 15 is 0 Å². The molecule has 14 rings (SSSR count). The standard InChI is InChI=1S/C62H37NS2/c1-3-9-50-39(7-1)13-14-45-34-48(25-30-52(45)50)63(47-23-17-38(18-24-47)42-20-28-56-55-11-5-6-12-58(55)64-60(56)36-42)49-26-31-53-46(35-49)16-15-44-33-41(19-27-51(44)53)43-21-29-57-61(37-43)65-59-32-22-40-8-2-4-10-54(40)62(57)59/h1-37H. The minimum atomic E-state index is 1.12. The van der Waals surface area contributed by atoms with E-state index < -0.39 is 0 Å². The molecule has 65 heavy (non-hydrogen) atoms. The molecule has 0 fully saturated rings. The summed E-state index contributed by atoms with van der Waals surface area (Å²) < 4.78 is 5.32. The Morgan fingerprint density at radius 1 is 0.231 bits per heavy atom. The molecule has 12 aromatic carbocycles. The van der Waals surface area contributed by atoms with Crippen molar-refractivity contribution in [3.05, 3.63) is 224 Å². The van der Waals surface area contributed by atoms with Crippen molar-refractivity contribution in [1.82, 2.24) is 0 Å². The number of thiophene rings is 2. The normalized spacial score (nSPS) is 12.0. The fourth-order valence-electron chi connectivity index (χ4n) is 10.4. The molecular weight excluding hydrogens is 823 g/mol. The Labute approximate surface area is 383 Å². The van der Waals surface area contributed by atoms with Gasteiger partial charge in [-0.25, -0.2) is 0 Å². The van der Waals surface area contributed by atoms with Crippen LogP contribution < -0.4 is 4.90 Å². The van der Waals surface area contributed by atoms with E-state index in [0.717, 1.165) is 17.1 Å². The van der Waals surface area contributed by atoms with Crippen LogP contribution in [0.4, 0.5) is 17.1 Å². The predicted octanol–water partition coefficient (Wildman–Crippen LogP) is 19.0. The highest BCUT2D eigenvalue weighted by Gasteiger charge is 2.17. The molecule has 0 aliphatic rings. The van der Waals surface area contributed by atoms with Gasteiger partial charge in [-0.3, -0.25) is 0 Å². The average Bonchev–Trinajstić information content (AvgIpc) is 3.94. The zero-order valence-corrected chi connectivity index (χ0v) is 36.8. The van der Waals surface area contributed by atoms with Gasteiger partial charge in [0.2, 0.25) is 0 Å². The van der Waals surface area contributed by atoms with Gasteiger partial charge in [-0.15, -0.1) is 22.7 Å². The molecule has 0 amide bonds. The maximum atomic E-state index is 2.41. The second kappa shape index (κ2) is 14.4. The molecule has 1 nitrogen and oxygen atoms in total. The van der Waals surface area contributed by atoms with Crippen molar-refractivity contribution < 1.29 is 0 Å². The van der Waals surface area contributed by atoms with Crippen LogP contribution in [0.2, 0.25) is 0 Å². The Hall–Kier alpha value is -7.82. The second-order valence-electron chi connectivity index (χ2n) is 17.3. The molecule has 0 aliphatic heterocycles. The lowest BCUT2D eigenvalue weighted by molar-refractivity contribution is 1.29. The Morgan fingerprint density at radius 3 is 1.38 bits per heavy atom. The lowest BCUT2D eigenvalue weighted by Crippen LogP contribution is -2.10. The van der Waals surface area contributed by atoms with Gasteiger partial charge >= 0.3 is 0 Å². The average molecular weight is 860 g/mol. The van der Waals surface area contributed by atoms with Gasteiger partial charge in [0.1, 0.15) is 0 Å². The molecule has 0 saturated heterocycles. The largest absolute Gasteiger partial charge is 0.310 e. The van der Waals surface area contributed by atoms with Crippen molar-refractivity contribution in [2.75, 3.05) is 4.90 Å². The van der Waals surface area contributed by atoms with Gasteiger partial charge in [0, 0.05) is 57.4 Å². The van der Waals surface area contributed by atoms with E-state index in [0.29, 0.717) is 0 Å². The lowest BCUT2D eigenvalue weighted by atomic mass is 9.96. The van der Waals surface area contributed by atoms with Crippen LogP contribution in [0, 0.1) is 0 Å². The molecule has 3 heteroatoms. The quantitative estimate of drug-likeness (QED) is 0.156. The first kappa shape index (κ1) is 36.6. The van der Waals surface area contributed by atoms with E-state index in [1.807, 2.05) is 22.7 Å². The third kappa shape index (κ3) is 5.90. The molecule has 0 N–H and O–H groups in total. The maximum Gasteiger partial charge on any atom is 0.0468 e. The summed E-state index contributed by atoms with van der Waals surface area (Å²) in [7, 11) is 0. The highest BCUT2D eigenvalue weighted by Crippen LogP contribution is 2.43. The molecule has 14 aromatic rings. The zero-order chi connectivity index (χ0) is 42.6. The highest BCUT2D eigenvalue weighted by molar-refractivity contribution is 7.26. The van der Waals surface area contributed by atoms with Crippen molar-refractivity contribution in [2.24, 2.45) is 0 Å². The summed E-state index contributed by atoms with van der Waals surface area (Å²) in [5, 5.41) is 18.0. The Morgan fingerprint density at radius 2 is 0.662 bits per heavy atom. The number of hydrogen-bond donors (Lipinski definition) is 0. The van der Waals surface area contributed by atoms with E-state index in [4.69, 9.17) is 0 Å². The summed E-state index contributed by atoms with van der Waals surface area (Å²) in [4.78, 5) is 2.41. The van der Waals surface area contributed by atoms with E-state index in [1.165, 1.54) is 116 Å². The van der Waals surface area contributed by atoms with Crippen LogP contribution in [0.1, 0.15) is 0 Å². The topological polar surface area (TPSA) is 3.24 Å². The van der Waals surface area contributed by atoms with E-state index in [2.05, 4.69) is 229 Å². The molecule has 0 bridgehead atoms. The number of rotatable bonds is 5. The predicted molar refractivity (Wildman–Crippen MR) is 285 cm³/mol. The Kier molecular flexibility index (Phi) is 8.09. The van der Waals surface area contributed by atoms with Gasteiger partial charge in [0.15, 0.2) is 0 Å². The smallest absolute Gasteiger partial charge is 0.0468 e. The van der Waals surface area contributed by atoms with Crippen LogP contribution in [-0.2, 0) is 0 Å². The monoisotopic (exact) mass is 859 g/mol. The third-order valence-corrected chi connectivity index (χ3v) is 15.8.